The number of carbonyl (C=O) groups is 3. The van der Waals surface area contributed by atoms with Crippen molar-refractivity contribution in [2.45, 2.75) is 12.8 Å². The molecule has 1 fully saturated rings. The van der Waals surface area contributed by atoms with Crippen LogP contribution in [0, 0.1) is 10.1 Å². The average molecular weight is 696 g/mol. The number of carbonyl (C=O) groups excluding carboxylic acids is 3. The number of benzene rings is 3. The molecule has 0 bridgehead atoms. The first kappa shape index (κ1) is 32.3. The number of amides is 3. The van der Waals surface area contributed by atoms with Gasteiger partial charge in [-0.05, 0) is 71.4 Å². The Morgan fingerprint density at radius 2 is 1.73 bits per heavy atom. The summed E-state index contributed by atoms with van der Waals surface area (Å²) in [4.78, 5) is 49.3. The molecule has 4 rings (SSSR count). The molecule has 1 aliphatic heterocycles. The molecule has 0 atom stereocenters. The van der Waals surface area contributed by atoms with Crippen molar-refractivity contribution in [3.05, 3.63) is 90.8 Å². The first-order chi connectivity index (χ1) is 20.8. The molecule has 0 aliphatic carbocycles. The van der Waals surface area contributed by atoms with E-state index in [1.165, 1.54) is 32.4 Å². The highest BCUT2D eigenvalue weighted by Gasteiger charge is 2.37. The van der Waals surface area contributed by atoms with E-state index in [2.05, 4.69) is 21.2 Å². The van der Waals surface area contributed by atoms with Crippen molar-refractivity contribution in [2.75, 3.05) is 26.1 Å². The fraction of sp³-hybridized carbons (Fsp3) is 0.179. The third-order valence-electron chi connectivity index (χ3n) is 6.09. The predicted octanol–water partition coefficient (Wildman–Crippen LogP) is 6.65. The number of imide groups is 1. The molecule has 1 aliphatic rings. The van der Waals surface area contributed by atoms with Crippen LogP contribution in [0.3, 0.4) is 0 Å². The van der Waals surface area contributed by atoms with E-state index in [1.54, 1.807) is 24.3 Å². The predicted molar refractivity (Wildman–Crippen MR) is 157 cm³/mol. The Labute approximate surface area is 260 Å². The molecule has 3 aromatic rings. The van der Waals surface area contributed by atoms with E-state index in [0.717, 1.165) is 12.1 Å². The molecule has 11 nitrogen and oxygen atoms in total. The highest BCUT2D eigenvalue weighted by molar-refractivity contribution is 9.10. The van der Waals surface area contributed by atoms with Gasteiger partial charge in [0.05, 0.1) is 35.3 Å². The maximum absolute atomic E-state index is 13.1. The normalized spacial score (nSPS) is 14.1. The number of thioether (sulfide) groups is 1. The summed E-state index contributed by atoms with van der Waals surface area (Å²) in [5.41, 5.74) is -0.247. The van der Waals surface area contributed by atoms with Gasteiger partial charge in [0.2, 0.25) is 5.91 Å². The van der Waals surface area contributed by atoms with E-state index in [4.69, 9.17) is 14.2 Å². The van der Waals surface area contributed by atoms with E-state index in [1.807, 2.05) is 0 Å². The molecule has 230 valence electrons. The van der Waals surface area contributed by atoms with Gasteiger partial charge in [-0.25, -0.2) is 0 Å². The minimum Gasteiger partial charge on any atom is -0.495 e. The number of rotatable bonds is 10. The summed E-state index contributed by atoms with van der Waals surface area (Å²) in [6.07, 6.45) is -3.26. The zero-order valence-corrected chi connectivity index (χ0v) is 25.2. The quantitative estimate of drug-likeness (QED) is 0.140. The van der Waals surface area contributed by atoms with Crippen molar-refractivity contribution < 1.29 is 46.7 Å². The SMILES string of the molecule is COc1ccc(C(F)(F)F)cc1NC(=O)CN1C(=O)S/C(=C\c2cc(OC)c(OCc3ccc([N+](=O)[O-])cc3)cc2Br)C1=O. The van der Waals surface area contributed by atoms with E-state index in [9.17, 15) is 37.7 Å². The first-order valence-corrected chi connectivity index (χ1v) is 14.0. The standard InChI is InChI=1S/C28H21BrF3N3O8S/c1-41-21-8-5-17(28(30,31)32)11-20(21)33-25(36)13-34-26(37)24(44-27(34)38)10-16-9-22(42-2)23(12-19(16)29)43-14-15-3-6-18(7-4-15)35(39)40/h3-12H,13-14H2,1-2H3,(H,33,36)/b24-10-. The monoisotopic (exact) mass is 695 g/mol. The molecule has 3 amide bonds. The number of hydrogen-bond donors (Lipinski definition) is 1. The molecule has 3 aromatic carbocycles. The number of halogens is 4. The van der Waals surface area contributed by atoms with Gasteiger partial charge in [0, 0.05) is 16.6 Å². The van der Waals surface area contributed by atoms with Crippen LogP contribution in [0.2, 0.25) is 0 Å². The fourth-order valence-electron chi connectivity index (χ4n) is 3.90. The van der Waals surface area contributed by atoms with Crippen LogP contribution < -0.4 is 19.5 Å². The number of nitro benzene ring substituents is 1. The van der Waals surface area contributed by atoms with Gasteiger partial charge in [0.25, 0.3) is 16.8 Å². The molecule has 0 saturated carbocycles. The van der Waals surface area contributed by atoms with Gasteiger partial charge in [-0.1, -0.05) is 15.9 Å². The molecule has 1 N–H and O–H groups in total. The van der Waals surface area contributed by atoms with Crippen molar-refractivity contribution >= 4 is 62.2 Å². The Hall–Kier alpha value is -4.57. The lowest BCUT2D eigenvalue weighted by atomic mass is 10.1. The van der Waals surface area contributed by atoms with E-state index in [-0.39, 0.29) is 34.4 Å². The van der Waals surface area contributed by atoms with Crippen molar-refractivity contribution in [3.63, 3.8) is 0 Å². The van der Waals surface area contributed by atoms with Gasteiger partial charge in [0.15, 0.2) is 11.5 Å². The number of non-ortho nitro benzene ring substituents is 1. The Kier molecular flexibility index (Phi) is 9.84. The Balaban J connectivity index is 1.47. The van der Waals surface area contributed by atoms with Gasteiger partial charge in [0.1, 0.15) is 18.9 Å². The fourth-order valence-corrected chi connectivity index (χ4v) is 5.17. The number of alkyl halides is 3. The second-order valence-electron chi connectivity index (χ2n) is 8.97. The van der Waals surface area contributed by atoms with Crippen LogP contribution in [-0.2, 0) is 22.4 Å². The van der Waals surface area contributed by atoms with Crippen LogP contribution in [0.5, 0.6) is 17.2 Å². The Morgan fingerprint density at radius 1 is 1.05 bits per heavy atom. The lowest BCUT2D eigenvalue weighted by Gasteiger charge is -2.16. The third kappa shape index (κ3) is 7.49. The van der Waals surface area contributed by atoms with Gasteiger partial charge < -0.3 is 19.5 Å². The molecule has 44 heavy (non-hydrogen) atoms. The van der Waals surface area contributed by atoms with Gasteiger partial charge in [-0.3, -0.25) is 29.4 Å². The molecular weight excluding hydrogens is 675 g/mol. The topological polar surface area (TPSA) is 137 Å². The van der Waals surface area contributed by atoms with Crippen LogP contribution in [-0.4, -0.2) is 47.6 Å². The lowest BCUT2D eigenvalue weighted by molar-refractivity contribution is -0.384. The smallest absolute Gasteiger partial charge is 0.416 e. The summed E-state index contributed by atoms with van der Waals surface area (Å²) in [6, 6.07) is 11.5. The zero-order chi connectivity index (χ0) is 32.2. The largest absolute Gasteiger partial charge is 0.495 e. The summed E-state index contributed by atoms with van der Waals surface area (Å²) in [7, 11) is 2.61. The van der Waals surface area contributed by atoms with Gasteiger partial charge in [-0.2, -0.15) is 13.2 Å². The molecule has 0 spiro atoms. The van der Waals surface area contributed by atoms with Gasteiger partial charge >= 0.3 is 6.18 Å². The molecule has 0 radical (unpaired) electrons. The molecular formula is C28H21BrF3N3O8S. The molecule has 0 aromatic heterocycles. The van der Waals surface area contributed by atoms with Crippen LogP contribution in [0.4, 0.5) is 29.3 Å². The van der Waals surface area contributed by atoms with Crippen LogP contribution >= 0.6 is 27.7 Å². The summed E-state index contributed by atoms with van der Waals surface area (Å²) in [6.45, 7) is -0.672. The van der Waals surface area contributed by atoms with Crippen molar-refractivity contribution in [1.29, 1.82) is 0 Å². The maximum atomic E-state index is 13.1. The summed E-state index contributed by atoms with van der Waals surface area (Å²) < 4.78 is 56.1. The highest BCUT2D eigenvalue weighted by atomic mass is 79.9. The van der Waals surface area contributed by atoms with E-state index in [0.29, 0.717) is 44.1 Å². The number of ether oxygens (including phenoxy) is 3. The van der Waals surface area contributed by atoms with Crippen LogP contribution in [0.25, 0.3) is 6.08 Å². The van der Waals surface area contributed by atoms with Crippen LogP contribution in [0.15, 0.2) is 64.0 Å². The zero-order valence-electron chi connectivity index (χ0n) is 22.8. The van der Waals surface area contributed by atoms with Crippen LogP contribution in [0.1, 0.15) is 16.7 Å². The summed E-state index contributed by atoms with van der Waals surface area (Å²) in [5, 5.41) is 12.4. The number of hydrogen-bond acceptors (Lipinski definition) is 9. The van der Waals surface area contributed by atoms with Crippen molar-refractivity contribution in [2.24, 2.45) is 0 Å². The number of nitrogens with zero attached hydrogens (tertiary/aromatic N) is 2. The second kappa shape index (κ2) is 13.4. The summed E-state index contributed by atoms with van der Waals surface area (Å²) >= 11 is 3.98. The second-order valence-corrected chi connectivity index (χ2v) is 10.8. The Bertz CT molecular complexity index is 1670. The number of nitro groups is 1. The Morgan fingerprint density at radius 3 is 2.34 bits per heavy atom. The van der Waals surface area contributed by atoms with Crippen molar-refractivity contribution in [1.82, 2.24) is 4.90 Å². The third-order valence-corrected chi connectivity index (χ3v) is 7.68. The number of anilines is 1. The average Bonchev–Trinajstić information content (AvgIpc) is 3.23. The minimum absolute atomic E-state index is 0.0123. The molecule has 1 heterocycles. The summed E-state index contributed by atoms with van der Waals surface area (Å²) in [5.74, 6) is -1.13. The number of nitrogens with one attached hydrogen (secondary N) is 1. The number of methoxy groups -OCH3 is 2. The van der Waals surface area contributed by atoms with Gasteiger partial charge in [-0.15, -0.1) is 0 Å². The molecule has 1 saturated heterocycles. The highest BCUT2D eigenvalue weighted by Crippen LogP contribution is 2.39. The van der Waals surface area contributed by atoms with E-state index >= 15 is 0 Å². The molecule has 0 unspecified atom stereocenters. The van der Waals surface area contributed by atoms with E-state index < -0.39 is 40.3 Å². The van der Waals surface area contributed by atoms with Crippen molar-refractivity contribution in [3.8, 4) is 17.2 Å². The minimum atomic E-state index is -4.67. The first-order valence-electron chi connectivity index (χ1n) is 12.3. The lowest BCUT2D eigenvalue weighted by Crippen LogP contribution is -2.36. The maximum Gasteiger partial charge on any atom is 0.416 e. The molecule has 16 heteroatoms.